The fraction of sp³-hybridized carbons (Fsp3) is 0.391. The Morgan fingerprint density at radius 1 is 1.16 bits per heavy atom. The van der Waals surface area contributed by atoms with Crippen LogP contribution in [0.4, 0.5) is 5.69 Å². The molecule has 0 saturated carbocycles. The van der Waals surface area contributed by atoms with E-state index in [1.807, 2.05) is 23.6 Å². The van der Waals surface area contributed by atoms with E-state index >= 15 is 0 Å². The normalized spacial score (nSPS) is 15.6. The molecule has 3 N–H and O–H groups in total. The van der Waals surface area contributed by atoms with Crippen LogP contribution in [0.5, 0.6) is 0 Å². The lowest BCUT2D eigenvalue weighted by molar-refractivity contribution is 0.0970. The van der Waals surface area contributed by atoms with Gasteiger partial charge in [-0.05, 0) is 94.4 Å². The number of aromatic amines is 1. The molecule has 0 unspecified atom stereocenters. The average molecular weight is 550 g/mol. The van der Waals surface area contributed by atoms with Gasteiger partial charge >= 0.3 is 5.69 Å². The van der Waals surface area contributed by atoms with Crippen molar-refractivity contribution < 1.29 is 4.79 Å². The number of hydrogen-bond acceptors (Lipinski definition) is 4. The van der Waals surface area contributed by atoms with Crippen molar-refractivity contribution in [3.05, 3.63) is 60.9 Å². The maximum atomic E-state index is 12.6. The van der Waals surface area contributed by atoms with Crippen LogP contribution in [0.2, 0.25) is 0 Å². The van der Waals surface area contributed by atoms with Crippen LogP contribution >= 0.6 is 31.9 Å². The first-order chi connectivity index (χ1) is 14.8. The van der Waals surface area contributed by atoms with E-state index in [1.165, 1.54) is 0 Å². The Morgan fingerprint density at radius 2 is 1.84 bits per heavy atom. The molecule has 1 saturated heterocycles. The van der Waals surface area contributed by atoms with Gasteiger partial charge in [0.15, 0.2) is 5.78 Å². The number of halogens is 2. The zero-order chi connectivity index (χ0) is 22.1. The number of nitrogens with zero attached hydrogens (tertiary/aromatic N) is 2. The molecule has 8 heteroatoms. The van der Waals surface area contributed by atoms with Crippen LogP contribution in [0.3, 0.4) is 0 Å². The topological polar surface area (TPSA) is 84.1 Å². The largest absolute Gasteiger partial charge is 0.397 e. The fourth-order valence-corrected chi connectivity index (χ4v) is 5.55. The lowest BCUT2D eigenvalue weighted by Gasteiger charge is -2.32. The quantitative estimate of drug-likeness (QED) is 0.333. The molecule has 3 aromatic rings. The van der Waals surface area contributed by atoms with E-state index in [1.54, 1.807) is 12.1 Å². The molecule has 1 aliphatic heterocycles. The molecule has 0 atom stereocenters. The third kappa shape index (κ3) is 4.81. The van der Waals surface area contributed by atoms with Crippen LogP contribution in [-0.4, -0.2) is 39.9 Å². The monoisotopic (exact) mass is 548 g/mol. The van der Waals surface area contributed by atoms with E-state index in [0.717, 1.165) is 64.4 Å². The Hall–Kier alpha value is -1.90. The highest BCUT2D eigenvalue weighted by atomic mass is 79.9. The predicted octanol–water partition coefficient (Wildman–Crippen LogP) is 5.05. The van der Waals surface area contributed by atoms with Crippen molar-refractivity contribution in [1.29, 1.82) is 0 Å². The summed E-state index contributed by atoms with van der Waals surface area (Å²) in [5.41, 5.74) is 10.2. The van der Waals surface area contributed by atoms with Crippen molar-refractivity contribution in [3.8, 4) is 0 Å². The summed E-state index contributed by atoms with van der Waals surface area (Å²) >= 11 is 6.80. The molecular weight excluding hydrogens is 524 g/mol. The Labute approximate surface area is 198 Å². The Kier molecular flexibility index (Phi) is 6.69. The maximum absolute atomic E-state index is 12.6. The van der Waals surface area contributed by atoms with E-state index in [9.17, 15) is 9.59 Å². The molecule has 0 aliphatic carbocycles. The third-order valence-corrected chi connectivity index (χ3v) is 7.39. The number of carbonyl (C=O) groups excluding carboxylic acids is 1. The molecule has 0 amide bonds. The number of nitrogen functional groups attached to an aromatic ring is 1. The number of H-pyrrole nitrogens is 1. The maximum Gasteiger partial charge on any atom is 0.326 e. The molecule has 1 fully saturated rings. The highest BCUT2D eigenvalue weighted by molar-refractivity contribution is 9.11. The molecule has 2 aromatic carbocycles. The number of likely N-dealkylation sites (tertiary alicyclic amines) is 1. The van der Waals surface area contributed by atoms with Crippen LogP contribution in [0.1, 0.15) is 47.6 Å². The van der Waals surface area contributed by atoms with Gasteiger partial charge in [0.05, 0.1) is 16.7 Å². The minimum absolute atomic E-state index is 0.0227. The van der Waals surface area contributed by atoms with Gasteiger partial charge in [0, 0.05) is 40.1 Å². The lowest BCUT2D eigenvalue weighted by Crippen LogP contribution is -2.37. The summed E-state index contributed by atoms with van der Waals surface area (Å²) in [6.45, 7) is 4.78. The molecule has 2 heterocycles. The number of aromatic nitrogens is 2. The highest BCUT2D eigenvalue weighted by Gasteiger charge is 2.23. The minimum atomic E-state index is -0.0227. The first-order valence-corrected chi connectivity index (χ1v) is 12.1. The summed E-state index contributed by atoms with van der Waals surface area (Å²) in [6.07, 6.45) is 3.19. The number of benzene rings is 2. The number of anilines is 1. The first-order valence-electron chi connectivity index (χ1n) is 10.5. The Balaban J connectivity index is 1.31. The molecule has 0 radical (unpaired) electrons. The van der Waals surface area contributed by atoms with Gasteiger partial charge in [-0.15, -0.1) is 0 Å². The van der Waals surface area contributed by atoms with Gasteiger partial charge in [0.25, 0.3) is 0 Å². The van der Waals surface area contributed by atoms with Crippen molar-refractivity contribution >= 4 is 54.4 Å². The number of rotatable bonds is 6. The van der Waals surface area contributed by atoms with Crippen molar-refractivity contribution in [2.75, 3.05) is 25.4 Å². The van der Waals surface area contributed by atoms with E-state index in [4.69, 9.17) is 5.73 Å². The summed E-state index contributed by atoms with van der Waals surface area (Å²) in [7, 11) is 0. The smallest absolute Gasteiger partial charge is 0.326 e. The SMILES string of the molecule is Cc1ccc2c(c1)[nH]c(=O)n2C1CCN(CCCC(=O)c2cc(Br)c(N)c(Br)c2)CC1. The fourth-order valence-electron chi connectivity index (χ4n) is 4.36. The molecular formula is C23H26Br2N4O2. The van der Waals surface area contributed by atoms with Crippen LogP contribution < -0.4 is 11.4 Å². The summed E-state index contributed by atoms with van der Waals surface area (Å²) in [5.74, 6) is 0.122. The van der Waals surface area contributed by atoms with Crippen molar-refractivity contribution in [3.63, 3.8) is 0 Å². The first kappa shape index (κ1) is 22.3. The molecule has 1 aliphatic rings. The standard InChI is InChI=1S/C23H26Br2N4O2/c1-14-4-5-20-19(11-14)27-23(31)29(20)16-6-9-28(10-7-16)8-2-3-21(30)15-12-17(24)22(26)18(25)13-15/h4-5,11-13,16H,2-3,6-10,26H2,1H3,(H,27,31). The molecule has 4 rings (SSSR count). The van der Waals surface area contributed by atoms with Crippen molar-refractivity contribution in [2.24, 2.45) is 0 Å². The lowest BCUT2D eigenvalue weighted by atomic mass is 10.0. The molecule has 0 bridgehead atoms. The number of fused-ring (bicyclic) bond motifs is 1. The predicted molar refractivity (Wildman–Crippen MR) is 132 cm³/mol. The van der Waals surface area contributed by atoms with Gasteiger partial charge < -0.3 is 15.6 Å². The zero-order valence-electron chi connectivity index (χ0n) is 17.5. The second kappa shape index (κ2) is 9.30. The minimum Gasteiger partial charge on any atom is -0.397 e. The highest BCUT2D eigenvalue weighted by Crippen LogP contribution is 2.30. The Bertz CT molecular complexity index is 1150. The molecule has 31 heavy (non-hydrogen) atoms. The number of nitrogens with two attached hydrogens (primary N) is 1. The summed E-state index contributed by atoms with van der Waals surface area (Å²) in [4.78, 5) is 30.5. The molecule has 6 nitrogen and oxygen atoms in total. The average Bonchev–Trinajstić information content (AvgIpc) is 3.06. The van der Waals surface area contributed by atoms with Crippen LogP contribution in [-0.2, 0) is 0 Å². The number of Topliss-reactive ketones (excluding diaryl/α,β-unsaturated/α-hetero) is 1. The van der Waals surface area contributed by atoms with E-state index in [2.05, 4.69) is 47.8 Å². The van der Waals surface area contributed by atoms with E-state index < -0.39 is 0 Å². The van der Waals surface area contributed by atoms with Gasteiger partial charge in [-0.3, -0.25) is 9.36 Å². The third-order valence-electron chi connectivity index (χ3n) is 6.07. The second-order valence-electron chi connectivity index (χ2n) is 8.27. The van der Waals surface area contributed by atoms with Gasteiger partial charge in [-0.2, -0.15) is 0 Å². The van der Waals surface area contributed by atoms with Gasteiger partial charge in [-0.1, -0.05) is 6.07 Å². The van der Waals surface area contributed by atoms with Crippen molar-refractivity contribution in [2.45, 2.75) is 38.6 Å². The summed E-state index contributed by atoms with van der Waals surface area (Å²) in [6, 6.07) is 9.90. The van der Waals surface area contributed by atoms with E-state index in [-0.39, 0.29) is 17.5 Å². The summed E-state index contributed by atoms with van der Waals surface area (Å²) < 4.78 is 3.39. The van der Waals surface area contributed by atoms with Crippen molar-refractivity contribution in [1.82, 2.24) is 14.5 Å². The number of piperidine rings is 1. The number of imidazole rings is 1. The Morgan fingerprint density at radius 3 is 2.52 bits per heavy atom. The molecule has 0 spiro atoms. The summed E-state index contributed by atoms with van der Waals surface area (Å²) in [5, 5.41) is 0. The number of aryl methyl sites for hydroxylation is 1. The van der Waals surface area contributed by atoms with Gasteiger partial charge in [-0.25, -0.2) is 4.79 Å². The van der Waals surface area contributed by atoms with Crippen LogP contribution in [0, 0.1) is 6.92 Å². The van der Waals surface area contributed by atoms with Gasteiger partial charge in [0.2, 0.25) is 0 Å². The van der Waals surface area contributed by atoms with Crippen LogP contribution in [0.25, 0.3) is 11.0 Å². The molecule has 164 valence electrons. The van der Waals surface area contributed by atoms with E-state index in [0.29, 0.717) is 17.7 Å². The molecule has 1 aromatic heterocycles. The number of ketones is 1. The number of nitrogens with one attached hydrogen (secondary N) is 1. The number of hydrogen-bond donors (Lipinski definition) is 2. The second-order valence-corrected chi connectivity index (χ2v) is 9.98. The van der Waals surface area contributed by atoms with Crippen LogP contribution in [0.15, 0.2) is 44.1 Å². The van der Waals surface area contributed by atoms with Gasteiger partial charge in [0.1, 0.15) is 0 Å². The zero-order valence-corrected chi connectivity index (χ0v) is 20.6. The number of carbonyl (C=O) groups is 1.